The molecule has 0 amide bonds. The lowest BCUT2D eigenvalue weighted by Crippen LogP contribution is -2.16. The highest BCUT2D eigenvalue weighted by molar-refractivity contribution is 6.35. The number of halogens is 4. The zero-order valence-corrected chi connectivity index (χ0v) is 18.7. The topological polar surface area (TPSA) is 119 Å². The average Bonchev–Trinajstić information content (AvgIpc) is 3.44. The fourth-order valence-electron chi connectivity index (χ4n) is 3.54. The molecule has 0 unspecified atom stereocenters. The Labute approximate surface area is 197 Å². The molecular weight excluding hydrogens is 473 g/mol. The summed E-state index contributed by atoms with van der Waals surface area (Å²) in [5.41, 5.74) is 6.67. The summed E-state index contributed by atoms with van der Waals surface area (Å²) in [5, 5.41) is 7.05. The number of Topliss-reactive ketones (excluding diaryl/α,β-unsaturated/α-hetero) is 1. The Morgan fingerprint density at radius 1 is 1.29 bits per heavy atom. The Hall–Kier alpha value is -3.31. The van der Waals surface area contributed by atoms with E-state index >= 15 is 0 Å². The summed E-state index contributed by atoms with van der Waals surface area (Å²) in [5.74, 6) is 0.0950. The van der Waals surface area contributed by atoms with E-state index in [2.05, 4.69) is 25.4 Å². The van der Waals surface area contributed by atoms with E-state index in [0.717, 1.165) is 12.1 Å². The average molecular weight is 493 g/mol. The first-order chi connectivity index (χ1) is 16.2. The van der Waals surface area contributed by atoms with Crippen molar-refractivity contribution in [3.63, 3.8) is 0 Å². The normalized spacial score (nSPS) is 14.0. The van der Waals surface area contributed by atoms with Crippen LogP contribution in [0.3, 0.4) is 0 Å². The zero-order valence-electron chi connectivity index (χ0n) is 18.0. The van der Waals surface area contributed by atoms with E-state index in [1.807, 2.05) is 0 Å². The van der Waals surface area contributed by atoms with Crippen LogP contribution in [-0.2, 0) is 12.6 Å². The first kappa shape index (κ1) is 23.8. The minimum absolute atomic E-state index is 0.0450. The maximum Gasteiger partial charge on any atom is 0.416 e. The molecule has 0 bridgehead atoms. The molecule has 178 valence electrons. The lowest BCUT2D eigenvalue weighted by Gasteiger charge is -2.10. The van der Waals surface area contributed by atoms with Gasteiger partial charge < -0.3 is 15.6 Å². The summed E-state index contributed by atoms with van der Waals surface area (Å²) < 4.78 is 44.3. The van der Waals surface area contributed by atoms with Crippen LogP contribution in [0.4, 0.5) is 24.7 Å². The smallest absolute Gasteiger partial charge is 0.367 e. The number of anilines is 1. The van der Waals surface area contributed by atoms with Crippen molar-refractivity contribution >= 4 is 34.6 Å². The molecule has 0 radical (unpaired) electrons. The number of alkyl halides is 3. The predicted octanol–water partition coefficient (Wildman–Crippen LogP) is 4.56. The summed E-state index contributed by atoms with van der Waals surface area (Å²) in [6.07, 6.45) is -2.93. The van der Waals surface area contributed by atoms with Gasteiger partial charge in [0.25, 0.3) is 0 Å². The molecule has 0 saturated heterocycles. The molecule has 0 aliphatic carbocycles. The number of nitrogens with zero attached hydrogens (tertiary/aromatic N) is 4. The number of fused-ring (bicyclic) bond motifs is 1. The number of aliphatic imine (C=N–C) groups is 1. The Morgan fingerprint density at radius 3 is 2.82 bits per heavy atom. The first-order valence-electron chi connectivity index (χ1n) is 10.4. The number of hydrogen-bond donors (Lipinski definition) is 2. The molecule has 2 aromatic heterocycles. The molecule has 0 spiro atoms. The summed E-state index contributed by atoms with van der Waals surface area (Å²) in [6.45, 7) is 2.59. The standard InChI is InChI=1S/C22H20ClF3N6O2/c1-11(6-17(33)20-19(23)21(28-5-4-27)30-10-29-20)18-9-16(32-34-18)15-8-12-7-13(22(24,25)26)2-3-14(12)31-15/h2-3,7,9-11H,4-6,8,27H2,1H3,(H,28,29,30)/t11-/m0/s1. The van der Waals surface area contributed by atoms with Gasteiger partial charge in [0.2, 0.25) is 0 Å². The minimum Gasteiger partial charge on any atom is -0.367 e. The number of carbonyl (C=O) groups is 1. The van der Waals surface area contributed by atoms with Crippen molar-refractivity contribution in [2.24, 2.45) is 10.7 Å². The lowest BCUT2D eigenvalue weighted by atomic mass is 9.99. The van der Waals surface area contributed by atoms with Gasteiger partial charge in [-0.25, -0.2) is 9.97 Å². The molecule has 0 fully saturated rings. The number of nitrogens with two attached hydrogens (primary N) is 1. The fourth-order valence-corrected chi connectivity index (χ4v) is 3.81. The van der Waals surface area contributed by atoms with Gasteiger partial charge in [-0.3, -0.25) is 9.79 Å². The van der Waals surface area contributed by atoms with Gasteiger partial charge in [0.15, 0.2) is 5.78 Å². The van der Waals surface area contributed by atoms with Gasteiger partial charge in [0, 0.05) is 37.9 Å². The Morgan fingerprint density at radius 2 is 2.09 bits per heavy atom. The van der Waals surface area contributed by atoms with Crippen molar-refractivity contribution in [1.82, 2.24) is 15.1 Å². The number of benzene rings is 1. The van der Waals surface area contributed by atoms with Gasteiger partial charge in [-0.1, -0.05) is 23.7 Å². The molecule has 4 rings (SSSR count). The van der Waals surface area contributed by atoms with E-state index in [0.29, 0.717) is 47.3 Å². The molecule has 3 N–H and O–H groups in total. The van der Waals surface area contributed by atoms with E-state index in [1.165, 1.54) is 12.4 Å². The van der Waals surface area contributed by atoms with Crippen LogP contribution < -0.4 is 11.1 Å². The third kappa shape index (κ3) is 4.95. The number of rotatable bonds is 8. The second kappa shape index (κ2) is 9.51. The van der Waals surface area contributed by atoms with Gasteiger partial charge in [0.05, 0.1) is 17.0 Å². The number of hydrogen-bond acceptors (Lipinski definition) is 8. The molecule has 1 aromatic carbocycles. The molecule has 8 nitrogen and oxygen atoms in total. The third-order valence-corrected chi connectivity index (χ3v) is 5.67. The van der Waals surface area contributed by atoms with Crippen molar-refractivity contribution in [3.8, 4) is 0 Å². The maximum atomic E-state index is 13.0. The molecule has 3 heterocycles. The van der Waals surface area contributed by atoms with Crippen molar-refractivity contribution < 1.29 is 22.5 Å². The van der Waals surface area contributed by atoms with Crippen molar-refractivity contribution in [2.45, 2.75) is 31.9 Å². The van der Waals surface area contributed by atoms with Crippen molar-refractivity contribution in [3.05, 3.63) is 63.9 Å². The van der Waals surface area contributed by atoms with Crippen LogP contribution in [0.5, 0.6) is 0 Å². The van der Waals surface area contributed by atoms with Gasteiger partial charge >= 0.3 is 6.18 Å². The third-order valence-electron chi connectivity index (χ3n) is 5.31. The van der Waals surface area contributed by atoms with Crippen LogP contribution >= 0.6 is 11.6 Å². The zero-order chi connectivity index (χ0) is 24.5. The summed E-state index contributed by atoms with van der Waals surface area (Å²) in [6, 6.07) is 5.08. The molecular formula is C22H20ClF3N6O2. The van der Waals surface area contributed by atoms with Gasteiger partial charge in [-0.2, -0.15) is 13.2 Å². The highest BCUT2D eigenvalue weighted by Crippen LogP contribution is 2.36. The van der Waals surface area contributed by atoms with Crippen LogP contribution in [0, 0.1) is 0 Å². The predicted molar refractivity (Wildman–Crippen MR) is 120 cm³/mol. The molecule has 34 heavy (non-hydrogen) atoms. The SMILES string of the molecule is C[C@@H](CC(=O)c1ncnc(NCCN)c1Cl)c1cc(C2=Nc3ccc(C(F)(F)F)cc3C2)no1. The monoisotopic (exact) mass is 492 g/mol. The summed E-state index contributed by atoms with van der Waals surface area (Å²) in [7, 11) is 0. The van der Waals surface area contributed by atoms with E-state index in [9.17, 15) is 18.0 Å². The largest absolute Gasteiger partial charge is 0.416 e. The van der Waals surface area contributed by atoms with E-state index in [1.54, 1.807) is 13.0 Å². The second-order valence-electron chi connectivity index (χ2n) is 7.82. The fraction of sp³-hybridized carbons (Fsp3) is 0.318. The Balaban J connectivity index is 1.45. The molecule has 1 atom stereocenters. The lowest BCUT2D eigenvalue weighted by molar-refractivity contribution is -0.137. The van der Waals surface area contributed by atoms with Gasteiger partial charge in [-0.05, 0) is 23.8 Å². The van der Waals surface area contributed by atoms with Gasteiger partial charge in [-0.15, -0.1) is 0 Å². The summed E-state index contributed by atoms with van der Waals surface area (Å²) >= 11 is 6.27. The molecule has 12 heteroatoms. The van der Waals surface area contributed by atoms with Gasteiger partial charge in [0.1, 0.15) is 34.3 Å². The molecule has 3 aromatic rings. The van der Waals surface area contributed by atoms with E-state index in [-0.39, 0.29) is 35.3 Å². The number of aromatic nitrogens is 3. The second-order valence-corrected chi connectivity index (χ2v) is 8.20. The summed E-state index contributed by atoms with van der Waals surface area (Å²) in [4.78, 5) is 25.2. The van der Waals surface area contributed by atoms with Crippen LogP contribution in [-0.4, -0.2) is 39.7 Å². The number of carbonyl (C=O) groups excluding carboxylic acids is 1. The van der Waals surface area contributed by atoms with Crippen LogP contribution in [0.2, 0.25) is 5.02 Å². The van der Waals surface area contributed by atoms with E-state index in [4.69, 9.17) is 21.9 Å². The molecule has 0 saturated carbocycles. The Kier molecular flexibility index (Phi) is 6.67. The van der Waals surface area contributed by atoms with Crippen LogP contribution in [0.25, 0.3) is 0 Å². The van der Waals surface area contributed by atoms with Crippen LogP contribution in [0.1, 0.15) is 52.3 Å². The quantitative estimate of drug-likeness (QED) is 0.442. The number of nitrogens with one attached hydrogen (secondary N) is 1. The van der Waals surface area contributed by atoms with Crippen molar-refractivity contribution in [1.29, 1.82) is 0 Å². The van der Waals surface area contributed by atoms with Crippen LogP contribution in [0.15, 0.2) is 40.1 Å². The molecule has 1 aliphatic heterocycles. The maximum absolute atomic E-state index is 13.0. The van der Waals surface area contributed by atoms with Crippen molar-refractivity contribution in [2.75, 3.05) is 18.4 Å². The number of ketones is 1. The highest BCUT2D eigenvalue weighted by Gasteiger charge is 2.32. The Bertz CT molecular complexity index is 1260. The highest BCUT2D eigenvalue weighted by atomic mass is 35.5. The molecule has 1 aliphatic rings. The van der Waals surface area contributed by atoms with E-state index < -0.39 is 11.7 Å². The first-order valence-corrected chi connectivity index (χ1v) is 10.8. The minimum atomic E-state index is -4.42.